The van der Waals surface area contributed by atoms with E-state index in [4.69, 9.17) is 56.0 Å². The van der Waals surface area contributed by atoms with E-state index in [2.05, 4.69) is 108 Å². The number of carboxylic acid groups (broad SMARTS) is 3. The predicted molar refractivity (Wildman–Crippen MR) is 529 cm³/mol. The summed E-state index contributed by atoms with van der Waals surface area (Å²) < 4.78 is 0. The number of hydrogen-bond donors (Lipinski definition) is 34. The van der Waals surface area contributed by atoms with Crippen molar-refractivity contribution in [3.63, 3.8) is 0 Å². The topological polar surface area (TPSA) is 888 Å². The number of hydrogen-bond acceptors (Lipinski definition) is 26. The van der Waals surface area contributed by atoms with Crippen LogP contribution in [0.2, 0.25) is 0 Å². The largest absolute Gasteiger partial charge is 0.508 e. The minimum atomic E-state index is -1.95. The van der Waals surface area contributed by atoms with E-state index in [1.165, 1.54) is 50.5 Å². The van der Waals surface area contributed by atoms with E-state index >= 15 is 0 Å². The Bertz CT molecular complexity index is 4250. The van der Waals surface area contributed by atoms with Gasteiger partial charge in [0.15, 0.2) is 23.8 Å². The van der Waals surface area contributed by atoms with Crippen molar-refractivity contribution < 1.29 is 112 Å². The van der Waals surface area contributed by atoms with Crippen LogP contribution in [0.15, 0.2) is 24.3 Å². The number of guanidine groups is 4. The van der Waals surface area contributed by atoms with Gasteiger partial charge in [-0.1, -0.05) is 117 Å². The number of carbonyl (C=O) groups excluding carboxylic acids is 15. The van der Waals surface area contributed by atoms with Crippen molar-refractivity contribution in [3.05, 3.63) is 29.8 Å². The molecule has 808 valence electrons. The summed E-state index contributed by atoms with van der Waals surface area (Å²) in [5.74, 6) is -22.2. The molecule has 0 aliphatic rings. The lowest BCUT2D eigenvalue weighted by molar-refractivity contribution is -0.142. The minimum Gasteiger partial charge on any atom is -0.508 e. The molecule has 52 nitrogen and oxygen atoms in total. The number of carboxylic acids is 3. The highest BCUT2D eigenvalue weighted by atomic mass is 16.4. The molecular formula is C91H161N29O23. The van der Waals surface area contributed by atoms with E-state index in [-0.39, 0.29) is 160 Å². The molecule has 0 saturated heterocycles. The molecule has 1 rings (SSSR count). The molecule has 0 aliphatic carbocycles. The fourth-order valence-electron chi connectivity index (χ4n) is 14.6. The van der Waals surface area contributed by atoms with Crippen LogP contribution in [0.1, 0.15) is 253 Å². The number of nitrogens with two attached hydrogens (primary N) is 6. The van der Waals surface area contributed by atoms with Gasteiger partial charge in [-0.15, -0.1) is 0 Å². The van der Waals surface area contributed by atoms with Gasteiger partial charge in [0.1, 0.15) is 84.3 Å². The summed E-state index contributed by atoms with van der Waals surface area (Å²) in [4.78, 5) is 248. The van der Waals surface area contributed by atoms with Crippen LogP contribution in [-0.2, 0) is 92.7 Å². The van der Waals surface area contributed by atoms with Crippen molar-refractivity contribution in [2.24, 2.45) is 46.2 Å². The molecule has 0 aliphatic heterocycles. The number of aliphatic hydroxyl groups excluding tert-OH is 1. The Morgan fingerprint density at radius 3 is 1.08 bits per heavy atom. The van der Waals surface area contributed by atoms with Crippen LogP contribution in [0, 0.1) is 33.5 Å². The number of rotatable bonds is 78. The summed E-state index contributed by atoms with van der Waals surface area (Å²) in [6, 6.07) is -15.1. The van der Waals surface area contributed by atoms with E-state index in [1.807, 2.05) is 0 Å². The zero-order valence-electron chi connectivity index (χ0n) is 83.4. The van der Waals surface area contributed by atoms with Crippen molar-refractivity contribution in [2.75, 3.05) is 52.4 Å². The zero-order chi connectivity index (χ0) is 108. The molecule has 0 radical (unpaired) electrons. The van der Waals surface area contributed by atoms with Crippen LogP contribution in [0.25, 0.3) is 0 Å². The van der Waals surface area contributed by atoms with Crippen LogP contribution in [0.4, 0.5) is 0 Å². The third-order valence-electron chi connectivity index (χ3n) is 22.8. The lowest BCUT2D eigenvalue weighted by atomic mass is 9.97. The van der Waals surface area contributed by atoms with Crippen molar-refractivity contribution in [3.8, 4) is 5.75 Å². The monoisotopic (exact) mass is 2030 g/mol. The smallest absolute Gasteiger partial charge is 0.326 e. The predicted octanol–water partition coefficient (Wildman–Crippen LogP) is -4.60. The van der Waals surface area contributed by atoms with Crippen LogP contribution in [0.5, 0.6) is 5.75 Å². The summed E-state index contributed by atoms with van der Waals surface area (Å²) >= 11 is 0. The van der Waals surface area contributed by atoms with Gasteiger partial charge in [0.2, 0.25) is 88.6 Å². The first-order chi connectivity index (χ1) is 67.7. The average Bonchev–Trinajstić information content (AvgIpc) is 1.58. The standard InChI is InChI=1S/C91H161N29O23/c1-8-10-11-12-13-14-15-16-17-18-19-34-68(123)109-63(39-40-71(126)127)81(136)117-65(47-52(3)4)83(138)118-67(49-72(128)129)84(139)115-62(32-26-45-104-90(98)99)82(137)120-73(53(5)9-2)85(140)107-50-69(124)110-66(48-56-35-37-57(122)38-36-56)76(131)106-51-70(125)119-74(55(7)121)86(141)108-54(6)75(130)111-60(30-24-43-102-88(94)95)78(133)114-61(31-25-44-103-89(96)97)79(134)112-58(28-20-22-41-92)77(132)113-59(29-21-23-42-93)80(135)116-64(87(142)143)33-27-46-105-91(100)101/h35-38,52-55,58-67,73-74,121-122H,8-34,39-51,92-93H2,1-7H3,(H,106,131)(H,107,140)(H,108,141)(H,109,123)(H,110,124)(H,111,130)(H,112,134)(H,113,132)(H,114,133)(H,115,139)(H,116,135)(H,117,136)(H,118,138)(H,119,125)(H,120,137)(H,126,127)(H,128,129)(H,142,143)(H4,94,95,102)(H4,96,97,103)(H4,98,99,104)(H4,100,101,105)/t53-,54-,55+,58-,59-,60+,61+,62+,63-,64-,65-,66-,67-,73-,74-/m0/s1. The van der Waals surface area contributed by atoms with E-state index in [1.54, 1.807) is 27.7 Å². The van der Waals surface area contributed by atoms with Crippen LogP contribution in [-0.4, -0.2) is 293 Å². The molecule has 0 fully saturated rings. The second-order valence-electron chi connectivity index (χ2n) is 35.7. The van der Waals surface area contributed by atoms with Crippen LogP contribution >= 0.6 is 0 Å². The van der Waals surface area contributed by atoms with Gasteiger partial charge >= 0.3 is 17.9 Å². The second kappa shape index (κ2) is 72.7. The number of phenols is 1. The molecule has 15 amide bonds. The molecular weight excluding hydrogens is 1870 g/mol. The molecule has 0 saturated carbocycles. The van der Waals surface area contributed by atoms with Gasteiger partial charge in [-0.25, -0.2) is 4.79 Å². The lowest BCUT2D eigenvalue weighted by Crippen LogP contribution is -2.60. The van der Waals surface area contributed by atoms with Gasteiger partial charge in [0.25, 0.3) is 0 Å². The van der Waals surface area contributed by atoms with Gasteiger partial charge in [0, 0.05) is 45.4 Å². The van der Waals surface area contributed by atoms with Crippen LogP contribution in [0.3, 0.4) is 0 Å². The van der Waals surface area contributed by atoms with E-state index < -0.39 is 241 Å². The first-order valence-corrected chi connectivity index (χ1v) is 49.0. The molecule has 40 N–H and O–H groups in total. The zero-order valence-corrected chi connectivity index (χ0v) is 83.4. The number of unbranched alkanes of at least 4 members (excludes halogenated alkanes) is 12. The van der Waals surface area contributed by atoms with Gasteiger partial charge in [-0.05, 0) is 166 Å². The van der Waals surface area contributed by atoms with E-state index in [0.29, 0.717) is 31.2 Å². The maximum Gasteiger partial charge on any atom is 0.326 e. The number of aromatic hydroxyl groups is 1. The third kappa shape index (κ3) is 57.8. The molecule has 0 unspecified atom stereocenters. The molecule has 1 aromatic carbocycles. The van der Waals surface area contributed by atoms with Crippen molar-refractivity contribution in [2.45, 2.75) is 339 Å². The summed E-state index contributed by atoms with van der Waals surface area (Å²) in [5, 5.41) is 128. The lowest BCUT2D eigenvalue weighted by Gasteiger charge is -2.28. The van der Waals surface area contributed by atoms with Gasteiger partial charge in [-0.2, -0.15) is 0 Å². The number of phenolic OH excluding ortho intramolecular Hbond substituents is 1. The Hall–Kier alpha value is -13.6. The third-order valence-corrected chi connectivity index (χ3v) is 22.8. The van der Waals surface area contributed by atoms with E-state index in [0.717, 1.165) is 51.9 Å². The highest BCUT2D eigenvalue weighted by Gasteiger charge is 2.39. The normalized spacial score (nSPS) is 14.1. The fraction of sp³-hybridized carbons (Fsp3) is 0.692. The number of nitrogens with one attached hydrogen (secondary N) is 23. The van der Waals surface area contributed by atoms with Crippen molar-refractivity contribution >= 4 is 130 Å². The number of amides is 15. The van der Waals surface area contributed by atoms with E-state index in [9.17, 15) is 112 Å². The quantitative estimate of drug-likeness (QED) is 0.0166. The Balaban J connectivity index is 3.57. The molecule has 0 heterocycles. The molecule has 0 spiro atoms. The molecule has 1 aromatic rings. The molecule has 52 heteroatoms. The first kappa shape index (κ1) is 127. The number of benzene rings is 1. The number of carbonyl (C=O) groups is 18. The Morgan fingerprint density at radius 1 is 0.329 bits per heavy atom. The second-order valence-corrected chi connectivity index (χ2v) is 35.7. The number of aliphatic carboxylic acids is 3. The molecule has 15 atom stereocenters. The summed E-state index contributed by atoms with van der Waals surface area (Å²) in [6.07, 6.45) is 7.90. The maximum atomic E-state index is 14.6. The van der Waals surface area contributed by atoms with Gasteiger partial charge in [0.05, 0.1) is 25.6 Å². The Kier molecular flexibility index (Phi) is 64.8. The summed E-state index contributed by atoms with van der Waals surface area (Å²) in [7, 11) is 0. The highest BCUT2D eigenvalue weighted by Crippen LogP contribution is 2.18. The minimum absolute atomic E-state index is 0.0100. The maximum absolute atomic E-state index is 14.6. The Morgan fingerprint density at radius 2 is 0.685 bits per heavy atom. The summed E-state index contributed by atoms with van der Waals surface area (Å²) in [6.45, 7) is 9.57. The van der Waals surface area contributed by atoms with Crippen LogP contribution < -0.4 is 135 Å². The van der Waals surface area contributed by atoms with Gasteiger partial charge < -0.3 is 161 Å². The molecule has 0 aromatic heterocycles. The molecule has 0 bridgehead atoms. The first-order valence-electron chi connectivity index (χ1n) is 49.0. The highest BCUT2D eigenvalue weighted by molar-refractivity contribution is 6.01. The SMILES string of the molecule is CCCCCCCCCCCCCC(=O)N[C@@H](CCC(=O)O)C(=O)N[C@@H](CC(C)C)C(=O)N[C@@H](CC(=O)O)C(=O)N[C@H](CCCNC(=N)N)C(=O)N[C@H](C(=O)NCC(=O)N[C@@H](Cc1ccc(O)cc1)C(=O)NCC(=O)N[C@H](C(=O)N[C@@H](C)C(=O)N[C@H](CCCNC(=N)N)C(=O)N[C@H](CCCNC(=N)N)C(=O)N[C@@H](CCCCN)C(=O)N[C@@H](CCCCN)C(=O)N[C@@H](CCCNC(=N)N)C(=O)O)[C@@H](C)O)[C@@H](C)CC. The molecule has 143 heavy (non-hydrogen) atoms. The fourth-order valence-corrected chi connectivity index (χ4v) is 14.6. The van der Waals surface area contributed by atoms with Crippen molar-refractivity contribution in [1.82, 2.24) is 101 Å². The Labute approximate surface area is 834 Å². The van der Waals surface area contributed by atoms with Gasteiger partial charge in [-0.3, -0.25) is 103 Å². The average molecular weight is 2030 g/mol. The number of aliphatic hydroxyl groups is 1. The van der Waals surface area contributed by atoms with Crippen molar-refractivity contribution in [1.29, 1.82) is 21.6 Å². The summed E-state index contributed by atoms with van der Waals surface area (Å²) in [5.41, 5.74) is 33.7.